The number of piperazine rings is 1. The van der Waals surface area contributed by atoms with Crippen molar-refractivity contribution < 1.29 is 9.53 Å². The number of fused-ring (bicyclic) bond motifs is 1. The Morgan fingerprint density at radius 3 is 2.58 bits per heavy atom. The molecule has 3 heterocycles. The molecule has 0 N–H and O–H groups in total. The van der Waals surface area contributed by atoms with Crippen LogP contribution < -0.4 is 10.3 Å². The predicted octanol–water partition coefficient (Wildman–Crippen LogP) is 1.36. The maximum Gasteiger partial charge on any atom is 0.259 e. The first kappa shape index (κ1) is 17.0. The van der Waals surface area contributed by atoms with Crippen LogP contribution in [0.15, 0.2) is 10.9 Å². The fraction of sp³-hybridized carbons (Fsp3) is 0.667. The Bertz CT molecular complexity index is 660. The van der Waals surface area contributed by atoms with E-state index in [0.29, 0.717) is 24.5 Å². The molecule has 0 spiro atoms. The second kappa shape index (κ2) is 7.38. The van der Waals surface area contributed by atoms with Crippen LogP contribution >= 0.6 is 0 Å². The molecule has 1 aromatic rings. The Morgan fingerprint density at radius 1 is 1.12 bits per heavy atom. The number of rotatable bonds is 3. The van der Waals surface area contributed by atoms with Gasteiger partial charge in [-0.2, -0.15) is 0 Å². The molecule has 0 atom stereocenters. The molecule has 6 nitrogen and oxygen atoms in total. The lowest BCUT2D eigenvalue weighted by molar-refractivity contribution is 0.0657. The van der Waals surface area contributed by atoms with Crippen LogP contribution in [-0.2, 0) is 13.0 Å². The van der Waals surface area contributed by atoms with Crippen LogP contribution in [0.2, 0.25) is 0 Å². The lowest BCUT2D eigenvalue weighted by Crippen LogP contribution is -2.47. The Kier molecular flexibility index (Phi) is 5.23. The Hall–Kier alpha value is -1.82. The lowest BCUT2D eigenvalue weighted by Gasteiger charge is -2.33. The van der Waals surface area contributed by atoms with Crippen molar-refractivity contribution in [2.45, 2.75) is 39.2 Å². The Morgan fingerprint density at radius 2 is 1.88 bits per heavy atom. The summed E-state index contributed by atoms with van der Waals surface area (Å²) in [6.45, 7) is 6.23. The van der Waals surface area contributed by atoms with Crippen molar-refractivity contribution in [3.63, 3.8) is 0 Å². The number of likely N-dealkylation sites (N-methyl/N-ethyl adjacent to an activating group) is 1. The number of amides is 1. The molecule has 1 saturated heterocycles. The molecule has 0 radical (unpaired) electrons. The van der Waals surface area contributed by atoms with Gasteiger partial charge in [0.25, 0.3) is 11.5 Å². The van der Waals surface area contributed by atoms with E-state index in [0.717, 1.165) is 57.6 Å². The molecule has 1 aromatic heterocycles. The van der Waals surface area contributed by atoms with Crippen molar-refractivity contribution in [2.75, 3.05) is 39.8 Å². The quantitative estimate of drug-likeness (QED) is 0.838. The third-order valence-electron chi connectivity index (χ3n) is 4.98. The van der Waals surface area contributed by atoms with Gasteiger partial charge in [-0.05, 0) is 33.2 Å². The lowest BCUT2D eigenvalue weighted by atomic mass is 10.1. The van der Waals surface area contributed by atoms with E-state index < -0.39 is 0 Å². The molecule has 6 heteroatoms. The van der Waals surface area contributed by atoms with Gasteiger partial charge in [0.15, 0.2) is 0 Å². The summed E-state index contributed by atoms with van der Waals surface area (Å²) in [5, 5.41) is 0. The monoisotopic (exact) mass is 333 g/mol. The predicted molar refractivity (Wildman–Crippen MR) is 92.8 cm³/mol. The molecule has 132 valence electrons. The van der Waals surface area contributed by atoms with Crippen LogP contribution in [0.25, 0.3) is 0 Å². The number of carbonyl (C=O) groups excluding carboxylic acids is 1. The smallest absolute Gasteiger partial charge is 0.259 e. The van der Waals surface area contributed by atoms with Gasteiger partial charge in [0.2, 0.25) is 0 Å². The molecule has 1 amide bonds. The van der Waals surface area contributed by atoms with E-state index in [1.54, 1.807) is 4.57 Å². The summed E-state index contributed by atoms with van der Waals surface area (Å²) in [5.41, 5.74) is 1.43. The van der Waals surface area contributed by atoms with Gasteiger partial charge in [0.1, 0.15) is 11.3 Å². The minimum atomic E-state index is -0.0507. The molecule has 0 unspecified atom stereocenters. The van der Waals surface area contributed by atoms with Gasteiger partial charge in [-0.3, -0.25) is 9.59 Å². The number of carbonyl (C=O) groups is 1. The zero-order valence-corrected chi connectivity index (χ0v) is 14.7. The first-order valence-corrected chi connectivity index (χ1v) is 8.99. The molecule has 2 aliphatic rings. The van der Waals surface area contributed by atoms with E-state index in [9.17, 15) is 9.59 Å². The molecular formula is C18H27N3O3. The number of hydrogen-bond acceptors (Lipinski definition) is 4. The highest BCUT2D eigenvalue weighted by Gasteiger charge is 2.28. The van der Waals surface area contributed by atoms with Crippen LogP contribution in [-0.4, -0.2) is 60.1 Å². The normalized spacial score (nSPS) is 18.8. The van der Waals surface area contributed by atoms with Gasteiger partial charge in [-0.1, -0.05) is 6.42 Å². The fourth-order valence-corrected chi connectivity index (χ4v) is 3.58. The number of pyridine rings is 1. The van der Waals surface area contributed by atoms with Crippen molar-refractivity contribution in [3.05, 3.63) is 27.7 Å². The standard InChI is InChI=1S/C18H27N3O3/c1-3-24-15-13-16(22)21-8-6-4-5-7-14(21)17(15)18(23)20-11-9-19(2)10-12-20/h13H,3-12H2,1-2H3. The molecular weight excluding hydrogens is 306 g/mol. The second-order valence-corrected chi connectivity index (χ2v) is 6.66. The Balaban J connectivity index is 2.03. The van der Waals surface area contributed by atoms with Gasteiger partial charge in [-0.25, -0.2) is 0 Å². The summed E-state index contributed by atoms with van der Waals surface area (Å²) in [7, 11) is 2.07. The van der Waals surface area contributed by atoms with E-state index in [1.807, 2.05) is 11.8 Å². The van der Waals surface area contributed by atoms with Crippen LogP contribution in [0.3, 0.4) is 0 Å². The summed E-state index contributed by atoms with van der Waals surface area (Å²) < 4.78 is 7.48. The summed E-state index contributed by atoms with van der Waals surface area (Å²) in [6, 6.07) is 1.50. The highest BCUT2D eigenvalue weighted by atomic mass is 16.5. The van der Waals surface area contributed by atoms with Crippen molar-refractivity contribution in [1.82, 2.24) is 14.4 Å². The van der Waals surface area contributed by atoms with Gasteiger partial charge < -0.3 is 19.1 Å². The third kappa shape index (κ3) is 3.34. The number of hydrogen-bond donors (Lipinski definition) is 0. The maximum atomic E-state index is 13.2. The highest BCUT2D eigenvalue weighted by Crippen LogP contribution is 2.26. The van der Waals surface area contributed by atoms with Crippen molar-refractivity contribution >= 4 is 5.91 Å². The SMILES string of the molecule is CCOc1cc(=O)n2c(c1C(=O)N1CCN(C)CC1)CCCCC2. The average molecular weight is 333 g/mol. The third-order valence-corrected chi connectivity index (χ3v) is 4.98. The summed E-state index contributed by atoms with van der Waals surface area (Å²) in [5.74, 6) is 0.469. The molecule has 0 bridgehead atoms. The number of nitrogens with zero attached hydrogens (tertiary/aromatic N) is 3. The van der Waals surface area contributed by atoms with Gasteiger partial charge in [0, 0.05) is 44.5 Å². The highest BCUT2D eigenvalue weighted by molar-refractivity contribution is 5.98. The summed E-state index contributed by atoms with van der Waals surface area (Å²) in [4.78, 5) is 29.8. The fourth-order valence-electron chi connectivity index (χ4n) is 3.58. The number of aromatic nitrogens is 1. The van der Waals surface area contributed by atoms with Crippen LogP contribution in [0.4, 0.5) is 0 Å². The van der Waals surface area contributed by atoms with Crippen LogP contribution in [0.5, 0.6) is 5.75 Å². The molecule has 0 saturated carbocycles. The zero-order chi connectivity index (χ0) is 17.1. The zero-order valence-electron chi connectivity index (χ0n) is 14.7. The minimum absolute atomic E-state index is 0.0113. The Labute approximate surface area is 143 Å². The number of ether oxygens (including phenoxy) is 1. The topological polar surface area (TPSA) is 54.8 Å². The molecule has 2 aliphatic heterocycles. The van der Waals surface area contributed by atoms with E-state index in [4.69, 9.17) is 4.74 Å². The van der Waals surface area contributed by atoms with E-state index in [2.05, 4.69) is 11.9 Å². The van der Waals surface area contributed by atoms with Crippen molar-refractivity contribution in [3.8, 4) is 5.75 Å². The first-order chi connectivity index (χ1) is 11.6. The summed E-state index contributed by atoms with van der Waals surface area (Å²) in [6.07, 6.45) is 3.86. The van der Waals surface area contributed by atoms with Crippen LogP contribution in [0, 0.1) is 0 Å². The molecule has 3 rings (SSSR count). The van der Waals surface area contributed by atoms with Crippen LogP contribution in [0.1, 0.15) is 42.2 Å². The van der Waals surface area contributed by atoms with E-state index in [-0.39, 0.29) is 11.5 Å². The molecule has 24 heavy (non-hydrogen) atoms. The largest absolute Gasteiger partial charge is 0.493 e. The van der Waals surface area contributed by atoms with Gasteiger partial charge >= 0.3 is 0 Å². The van der Waals surface area contributed by atoms with Gasteiger partial charge in [-0.15, -0.1) is 0 Å². The van der Waals surface area contributed by atoms with Gasteiger partial charge in [0.05, 0.1) is 6.61 Å². The van der Waals surface area contributed by atoms with Crippen molar-refractivity contribution in [2.24, 2.45) is 0 Å². The van der Waals surface area contributed by atoms with Crippen molar-refractivity contribution in [1.29, 1.82) is 0 Å². The van der Waals surface area contributed by atoms with E-state index in [1.165, 1.54) is 6.07 Å². The second-order valence-electron chi connectivity index (χ2n) is 6.66. The molecule has 1 fully saturated rings. The minimum Gasteiger partial charge on any atom is -0.493 e. The average Bonchev–Trinajstić information content (AvgIpc) is 2.82. The van der Waals surface area contributed by atoms with E-state index >= 15 is 0 Å². The summed E-state index contributed by atoms with van der Waals surface area (Å²) >= 11 is 0. The molecule has 0 aromatic carbocycles. The maximum absolute atomic E-state index is 13.2. The first-order valence-electron chi connectivity index (χ1n) is 8.99. The molecule has 0 aliphatic carbocycles.